The molecule has 0 spiro atoms. The van der Waals surface area contributed by atoms with E-state index in [0.29, 0.717) is 18.5 Å². The molecule has 1 aromatic rings. The molecule has 0 saturated heterocycles. The summed E-state index contributed by atoms with van der Waals surface area (Å²) >= 11 is 5.87. The summed E-state index contributed by atoms with van der Waals surface area (Å²) in [6, 6.07) is 5.33. The first kappa shape index (κ1) is 13.5. The van der Waals surface area contributed by atoms with Crippen molar-refractivity contribution in [1.82, 2.24) is 5.32 Å². The SMILES string of the molecule is CC(C)CC(C)NCc1cccc(F)c1Cl. The minimum absolute atomic E-state index is 0.228. The van der Waals surface area contributed by atoms with Crippen LogP contribution in [-0.2, 0) is 6.54 Å². The summed E-state index contributed by atoms with van der Waals surface area (Å²) in [6.45, 7) is 7.12. The van der Waals surface area contributed by atoms with Crippen LogP contribution in [0.2, 0.25) is 5.02 Å². The Labute approximate surface area is 102 Å². The molecular weight excluding hydrogens is 225 g/mol. The zero-order chi connectivity index (χ0) is 12.1. The van der Waals surface area contributed by atoms with Gasteiger partial charge in [0.25, 0.3) is 0 Å². The van der Waals surface area contributed by atoms with Gasteiger partial charge in [0.1, 0.15) is 5.82 Å². The Balaban J connectivity index is 2.51. The fourth-order valence-corrected chi connectivity index (χ4v) is 1.95. The van der Waals surface area contributed by atoms with Gasteiger partial charge < -0.3 is 5.32 Å². The van der Waals surface area contributed by atoms with Gasteiger partial charge in [-0.15, -0.1) is 0 Å². The molecule has 1 nitrogen and oxygen atoms in total. The van der Waals surface area contributed by atoms with Crippen LogP contribution in [0, 0.1) is 11.7 Å². The van der Waals surface area contributed by atoms with Crippen LogP contribution in [0.15, 0.2) is 18.2 Å². The van der Waals surface area contributed by atoms with Crippen LogP contribution >= 0.6 is 11.6 Å². The third-order valence-electron chi connectivity index (χ3n) is 2.50. The number of rotatable bonds is 5. The van der Waals surface area contributed by atoms with E-state index >= 15 is 0 Å². The fraction of sp³-hybridized carbons (Fsp3) is 0.538. The van der Waals surface area contributed by atoms with E-state index in [2.05, 4.69) is 26.1 Å². The minimum Gasteiger partial charge on any atom is -0.310 e. The summed E-state index contributed by atoms with van der Waals surface area (Å²) < 4.78 is 13.2. The molecule has 0 bridgehead atoms. The first-order valence-corrected chi connectivity index (χ1v) is 6.04. The second-order valence-corrected chi connectivity index (χ2v) is 5.00. The quantitative estimate of drug-likeness (QED) is 0.824. The Morgan fingerprint density at radius 2 is 2.00 bits per heavy atom. The predicted molar refractivity (Wildman–Crippen MR) is 67.2 cm³/mol. The third-order valence-corrected chi connectivity index (χ3v) is 2.92. The molecule has 0 radical (unpaired) electrons. The van der Waals surface area contributed by atoms with Crippen molar-refractivity contribution < 1.29 is 4.39 Å². The van der Waals surface area contributed by atoms with Crippen LogP contribution in [0.1, 0.15) is 32.8 Å². The van der Waals surface area contributed by atoms with E-state index in [9.17, 15) is 4.39 Å². The van der Waals surface area contributed by atoms with Crippen molar-refractivity contribution in [3.8, 4) is 0 Å². The highest BCUT2D eigenvalue weighted by molar-refractivity contribution is 6.31. The van der Waals surface area contributed by atoms with E-state index in [0.717, 1.165) is 12.0 Å². The van der Waals surface area contributed by atoms with E-state index in [-0.39, 0.29) is 10.8 Å². The molecule has 0 amide bonds. The molecule has 0 heterocycles. The maximum Gasteiger partial charge on any atom is 0.142 e. The Hall–Kier alpha value is -0.600. The molecule has 1 rings (SSSR count). The number of benzene rings is 1. The van der Waals surface area contributed by atoms with Gasteiger partial charge in [-0.3, -0.25) is 0 Å². The van der Waals surface area contributed by atoms with Gasteiger partial charge in [-0.1, -0.05) is 37.6 Å². The molecule has 1 N–H and O–H groups in total. The Kier molecular flexibility index (Phi) is 5.23. The van der Waals surface area contributed by atoms with Gasteiger partial charge in [0.15, 0.2) is 0 Å². The normalized spacial score (nSPS) is 13.1. The average molecular weight is 244 g/mol. The van der Waals surface area contributed by atoms with Crippen LogP contribution in [0.3, 0.4) is 0 Å². The molecule has 1 aromatic carbocycles. The van der Waals surface area contributed by atoms with Gasteiger partial charge in [-0.25, -0.2) is 4.39 Å². The van der Waals surface area contributed by atoms with Crippen molar-refractivity contribution in [2.75, 3.05) is 0 Å². The summed E-state index contributed by atoms with van der Waals surface area (Å²) in [6.07, 6.45) is 1.10. The highest BCUT2D eigenvalue weighted by Gasteiger charge is 2.08. The third kappa shape index (κ3) is 4.11. The van der Waals surface area contributed by atoms with Crippen LogP contribution < -0.4 is 5.32 Å². The monoisotopic (exact) mass is 243 g/mol. The summed E-state index contributed by atoms with van der Waals surface area (Å²) in [5, 5.41) is 3.58. The second kappa shape index (κ2) is 6.21. The molecule has 0 aliphatic heterocycles. The summed E-state index contributed by atoms with van der Waals surface area (Å²) in [5.41, 5.74) is 0.817. The zero-order valence-electron chi connectivity index (χ0n) is 10.1. The average Bonchev–Trinajstić information content (AvgIpc) is 2.19. The smallest absolute Gasteiger partial charge is 0.142 e. The highest BCUT2D eigenvalue weighted by atomic mass is 35.5. The van der Waals surface area contributed by atoms with Crippen molar-refractivity contribution in [2.24, 2.45) is 5.92 Å². The van der Waals surface area contributed by atoms with Gasteiger partial charge in [0.05, 0.1) is 5.02 Å². The van der Waals surface area contributed by atoms with Crippen molar-refractivity contribution >= 4 is 11.6 Å². The maximum atomic E-state index is 13.2. The van der Waals surface area contributed by atoms with Crippen LogP contribution in [-0.4, -0.2) is 6.04 Å². The van der Waals surface area contributed by atoms with Crippen molar-refractivity contribution in [3.63, 3.8) is 0 Å². The van der Waals surface area contributed by atoms with E-state index < -0.39 is 0 Å². The van der Waals surface area contributed by atoms with Crippen LogP contribution in [0.4, 0.5) is 4.39 Å². The number of halogens is 2. The summed E-state index contributed by atoms with van der Waals surface area (Å²) in [5.74, 6) is 0.308. The van der Waals surface area contributed by atoms with Crippen molar-refractivity contribution in [1.29, 1.82) is 0 Å². The van der Waals surface area contributed by atoms with Crippen LogP contribution in [0.5, 0.6) is 0 Å². The first-order chi connectivity index (χ1) is 7.50. The minimum atomic E-state index is -0.350. The molecule has 16 heavy (non-hydrogen) atoms. The van der Waals surface area contributed by atoms with Gasteiger partial charge >= 0.3 is 0 Å². The standard InChI is InChI=1S/C13H19ClFN/c1-9(2)7-10(3)16-8-11-5-4-6-12(15)13(11)14/h4-6,9-10,16H,7-8H2,1-3H3. The molecule has 3 heteroatoms. The fourth-order valence-electron chi connectivity index (χ4n) is 1.76. The van der Waals surface area contributed by atoms with Crippen LogP contribution in [0.25, 0.3) is 0 Å². The molecule has 0 fully saturated rings. The lowest BCUT2D eigenvalue weighted by atomic mass is 10.1. The van der Waals surface area contributed by atoms with Crippen molar-refractivity contribution in [3.05, 3.63) is 34.6 Å². The summed E-state index contributed by atoms with van der Waals surface area (Å²) in [4.78, 5) is 0. The van der Waals surface area contributed by atoms with E-state index in [1.54, 1.807) is 6.07 Å². The topological polar surface area (TPSA) is 12.0 Å². The van der Waals surface area contributed by atoms with Gasteiger partial charge in [0, 0.05) is 12.6 Å². The molecule has 1 unspecified atom stereocenters. The molecule has 0 aromatic heterocycles. The van der Waals surface area contributed by atoms with E-state index in [1.165, 1.54) is 6.07 Å². The highest BCUT2D eigenvalue weighted by Crippen LogP contribution is 2.19. The number of nitrogens with one attached hydrogen (secondary N) is 1. The lowest BCUT2D eigenvalue weighted by Crippen LogP contribution is -2.27. The number of hydrogen-bond donors (Lipinski definition) is 1. The van der Waals surface area contributed by atoms with Gasteiger partial charge in [0.2, 0.25) is 0 Å². The van der Waals surface area contributed by atoms with Gasteiger partial charge in [-0.2, -0.15) is 0 Å². The molecular formula is C13H19ClFN. The number of hydrogen-bond acceptors (Lipinski definition) is 1. The summed E-state index contributed by atoms with van der Waals surface area (Å²) in [7, 11) is 0. The van der Waals surface area contributed by atoms with Crippen molar-refractivity contribution in [2.45, 2.75) is 39.8 Å². The van der Waals surface area contributed by atoms with E-state index in [4.69, 9.17) is 11.6 Å². The predicted octanol–water partition coefficient (Wildman–Crippen LogP) is 4.00. The molecule has 0 aliphatic carbocycles. The molecule has 0 aliphatic rings. The second-order valence-electron chi connectivity index (χ2n) is 4.62. The maximum absolute atomic E-state index is 13.2. The zero-order valence-corrected chi connectivity index (χ0v) is 10.8. The first-order valence-electron chi connectivity index (χ1n) is 5.67. The molecule has 1 atom stereocenters. The Bertz CT molecular complexity index is 339. The molecule has 0 saturated carbocycles. The largest absolute Gasteiger partial charge is 0.310 e. The lowest BCUT2D eigenvalue weighted by molar-refractivity contribution is 0.441. The van der Waals surface area contributed by atoms with E-state index in [1.807, 2.05) is 6.07 Å². The van der Waals surface area contributed by atoms with Gasteiger partial charge in [-0.05, 0) is 30.9 Å². The lowest BCUT2D eigenvalue weighted by Gasteiger charge is -2.16. The Morgan fingerprint density at radius 3 is 2.62 bits per heavy atom. The molecule has 90 valence electrons. The Morgan fingerprint density at radius 1 is 1.31 bits per heavy atom.